The molecule has 1 unspecified atom stereocenters. The molecule has 2 rings (SSSR count). The van der Waals surface area contributed by atoms with Crippen LogP contribution in [0.25, 0.3) is 0 Å². The number of nitrogens with zero attached hydrogens (tertiary/aromatic N) is 5. The summed E-state index contributed by atoms with van der Waals surface area (Å²) < 4.78 is 75.1. The Labute approximate surface area is 123 Å². The van der Waals surface area contributed by atoms with E-state index >= 15 is 0 Å². The van der Waals surface area contributed by atoms with Crippen LogP contribution >= 0.6 is 23.3 Å². The lowest BCUT2D eigenvalue weighted by Crippen LogP contribution is -2.12. The van der Waals surface area contributed by atoms with Crippen LogP contribution in [0.3, 0.4) is 0 Å². The van der Waals surface area contributed by atoms with Gasteiger partial charge in [-0.1, -0.05) is 18.2 Å². The highest BCUT2D eigenvalue weighted by molar-refractivity contribution is 7.78. The molecule has 0 saturated carbocycles. The Bertz CT molecular complexity index is 797. The van der Waals surface area contributed by atoms with Crippen LogP contribution < -0.4 is 0 Å². The number of halogens is 5. The van der Waals surface area contributed by atoms with Gasteiger partial charge in [0.2, 0.25) is 0 Å². The summed E-state index contributed by atoms with van der Waals surface area (Å²) in [5.74, 6) is 0. The van der Waals surface area contributed by atoms with Gasteiger partial charge in [-0.25, -0.2) is 4.67 Å². The summed E-state index contributed by atoms with van der Waals surface area (Å²) in [5, 5.41) is 8.93. The van der Waals surface area contributed by atoms with Crippen molar-refractivity contribution in [3.8, 4) is 6.07 Å². The standard InChI is InChI=1S/C9H9F5N5P3/c1-19(7-9-5-3-2-4-8(9)6-15)22(14)17-20(10,11)16-21(12,13)18-22/h2-5H,7H2,1H3. The van der Waals surface area contributed by atoms with E-state index in [1.54, 1.807) is 12.1 Å². The minimum Gasteiger partial charge on any atom is -0.225 e. The topological polar surface area (TPSA) is 64.1 Å². The third kappa shape index (κ3) is 3.85. The van der Waals surface area contributed by atoms with Crippen molar-refractivity contribution in [3.63, 3.8) is 0 Å². The highest BCUT2D eigenvalue weighted by Crippen LogP contribution is 2.82. The summed E-state index contributed by atoms with van der Waals surface area (Å²) >= 11 is 0. The molecule has 0 bridgehead atoms. The molecule has 13 heteroatoms. The molecule has 0 aromatic heterocycles. The van der Waals surface area contributed by atoms with Gasteiger partial charge in [0.05, 0.1) is 11.6 Å². The average molecular weight is 375 g/mol. The minimum absolute atomic E-state index is 0.186. The van der Waals surface area contributed by atoms with Gasteiger partial charge in [-0.3, -0.25) is 0 Å². The van der Waals surface area contributed by atoms with E-state index in [0.717, 1.165) is 7.05 Å². The molecule has 1 aliphatic heterocycles. The van der Waals surface area contributed by atoms with E-state index in [9.17, 15) is 21.0 Å². The van der Waals surface area contributed by atoms with Gasteiger partial charge in [0.15, 0.2) is 0 Å². The van der Waals surface area contributed by atoms with Crippen LogP contribution in [0.4, 0.5) is 21.0 Å². The quantitative estimate of drug-likeness (QED) is 0.436. The summed E-state index contributed by atoms with van der Waals surface area (Å²) in [6, 6.07) is 7.89. The van der Waals surface area contributed by atoms with E-state index in [2.05, 4.69) is 9.03 Å². The predicted octanol–water partition coefficient (Wildman–Crippen LogP) is 6.69. The van der Waals surface area contributed by atoms with Gasteiger partial charge in [-0.2, -0.15) is 9.46 Å². The third-order valence-electron chi connectivity index (χ3n) is 2.63. The van der Waals surface area contributed by atoms with Crippen LogP contribution in [0.2, 0.25) is 0 Å². The first kappa shape index (κ1) is 17.4. The summed E-state index contributed by atoms with van der Waals surface area (Å²) in [7, 11) is -15.4. The van der Waals surface area contributed by atoms with E-state index in [1.165, 1.54) is 12.1 Å². The van der Waals surface area contributed by atoms with E-state index in [4.69, 9.17) is 5.26 Å². The van der Waals surface area contributed by atoms with Crippen LogP contribution in [0, 0.1) is 11.3 Å². The largest absolute Gasteiger partial charge is 0.424 e. The van der Waals surface area contributed by atoms with Crippen LogP contribution in [-0.4, -0.2) is 11.7 Å². The Morgan fingerprint density at radius 2 is 1.64 bits per heavy atom. The Balaban J connectivity index is 2.44. The maximum absolute atomic E-state index is 14.5. The van der Waals surface area contributed by atoms with Crippen LogP contribution in [0.15, 0.2) is 37.8 Å². The fourth-order valence-electron chi connectivity index (χ4n) is 1.70. The number of benzene rings is 1. The van der Waals surface area contributed by atoms with Gasteiger partial charge in [-0.15, -0.1) is 30.3 Å². The van der Waals surface area contributed by atoms with E-state index in [-0.39, 0.29) is 12.1 Å². The Morgan fingerprint density at radius 3 is 2.23 bits per heavy atom. The highest BCUT2D eigenvalue weighted by atomic mass is 31.3. The molecule has 120 valence electrons. The van der Waals surface area contributed by atoms with Gasteiger partial charge in [0.25, 0.3) is 0 Å². The lowest BCUT2D eigenvalue weighted by atomic mass is 10.1. The Kier molecular flexibility index (Phi) is 4.66. The molecule has 1 aromatic carbocycles. The number of hydrogen-bond acceptors (Lipinski definition) is 5. The molecule has 1 aliphatic rings. The molecule has 22 heavy (non-hydrogen) atoms. The smallest absolute Gasteiger partial charge is 0.225 e. The fraction of sp³-hybridized carbons (Fsp3) is 0.222. The second kappa shape index (κ2) is 5.90. The fourth-order valence-corrected chi connectivity index (χ4v) is 7.74. The van der Waals surface area contributed by atoms with Crippen LogP contribution in [0.1, 0.15) is 11.1 Å². The molecule has 1 heterocycles. The summed E-state index contributed by atoms with van der Waals surface area (Å²) in [6.45, 7) is -0.346. The third-order valence-corrected chi connectivity index (χ3v) is 8.90. The van der Waals surface area contributed by atoms with Crippen molar-refractivity contribution < 1.29 is 21.0 Å². The van der Waals surface area contributed by atoms with Gasteiger partial charge in [-0.05, 0) is 18.7 Å². The highest BCUT2D eigenvalue weighted by Gasteiger charge is 2.41. The monoisotopic (exact) mass is 375 g/mol. The molecule has 0 aliphatic carbocycles. The Hall–Kier alpha value is -0.990. The lowest BCUT2D eigenvalue weighted by molar-refractivity contribution is 0.503. The first-order valence-corrected chi connectivity index (χ1v) is 10.2. The van der Waals surface area contributed by atoms with E-state index in [1.807, 2.05) is 10.6 Å². The second-order valence-corrected chi connectivity index (χ2v) is 9.90. The molecule has 1 atom stereocenters. The van der Waals surface area contributed by atoms with Crippen molar-refractivity contribution in [2.24, 2.45) is 13.5 Å². The SMILES string of the molecule is CN(Cc1ccccc1C#N)P1(F)=NP(F)(F)=NP(F)(F)=N1. The molecule has 0 spiro atoms. The van der Waals surface area contributed by atoms with Crippen molar-refractivity contribution in [2.45, 2.75) is 6.54 Å². The van der Waals surface area contributed by atoms with Crippen molar-refractivity contribution in [3.05, 3.63) is 35.4 Å². The number of rotatable bonds is 3. The normalized spacial score (nSPS) is 25.5. The molecule has 0 fully saturated rings. The molecular weight excluding hydrogens is 366 g/mol. The zero-order valence-corrected chi connectivity index (χ0v) is 13.7. The summed E-state index contributed by atoms with van der Waals surface area (Å²) in [6.07, 6.45) is 0. The van der Waals surface area contributed by atoms with E-state index in [0.29, 0.717) is 10.2 Å². The van der Waals surface area contributed by atoms with Crippen LogP contribution in [0.5, 0.6) is 0 Å². The maximum Gasteiger partial charge on any atom is 0.424 e. The summed E-state index contributed by atoms with van der Waals surface area (Å²) in [4.78, 5) is 0. The Morgan fingerprint density at radius 1 is 1.05 bits per heavy atom. The van der Waals surface area contributed by atoms with Gasteiger partial charge in [0, 0.05) is 6.54 Å². The first-order chi connectivity index (χ1) is 10.1. The second-order valence-electron chi connectivity index (χ2n) is 4.26. The lowest BCUT2D eigenvalue weighted by Gasteiger charge is -2.25. The molecular formula is C9H9F5N5P3. The molecule has 0 saturated heterocycles. The maximum atomic E-state index is 14.5. The molecule has 0 amide bonds. The zero-order chi connectivity index (χ0) is 16.6. The minimum atomic E-state index is -5.73. The molecule has 0 radical (unpaired) electrons. The number of nitriles is 1. The van der Waals surface area contributed by atoms with Crippen molar-refractivity contribution in [1.82, 2.24) is 4.67 Å². The van der Waals surface area contributed by atoms with Gasteiger partial charge >= 0.3 is 23.3 Å². The molecule has 1 aromatic rings. The van der Waals surface area contributed by atoms with Gasteiger partial charge < -0.3 is 0 Å². The predicted molar refractivity (Wildman–Crippen MR) is 76.2 cm³/mol. The van der Waals surface area contributed by atoms with Crippen molar-refractivity contribution >= 4 is 23.3 Å². The first-order valence-electron chi connectivity index (χ1n) is 5.66. The van der Waals surface area contributed by atoms with Gasteiger partial charge in [0.1, 0.15) is 0 Å². The summed E-state index contributed by atoms with van der Waals surface area (Å²) in [5.41, 5.74) is 0.492. The molecule has 0 N–H and O–H groups in total. The van der Waals surface area contributed by atoms with Crippen molar-refractivity contribution in [1.29, 1.82) is 5.26 Å². The average Bonchev–Trinajstić information content (AvgIpc) is 2.35. The van der Waals surface area contributed by atoms with Crippen molar-refractivity contribution in [2.75, 3.05) is 7.05 Å². The molecule has 5 nitrogen and oxygen atoms in total. The zero-order valence-electron chi connectivity index (χ0n) is 11.0. The van der Waals surface area contributed by atoms with E-state index < -0.39 is 23.3 Å². The van der Waals surface area contributed by atoms with Crippen LogP contribution in [-0.2, 0) is 6.54 Å². The number of hydrogen-bond donors (Lipinski definition) is 0.